The molecule has 0 aliphatic carbocycles. The van der Waals surface area contributed by atoms with Gasteiger partial charge in [-0.15, -0.1) is 11.3 Å². The Kier molecular flexibility index (Phi) is 5.07. The zero-order valence-electron chi connectivity index (χ0n) is 15.4. The lowest BCUT2D eigenvalue weighted by Gasteiger charge is -2.43. The lowest BCUT2D eigenvalue weighted by atomic mass is 9.85. The highest BCUT2D eigenvalue weighted by Gasteiger charge is 2.43. The molecule has 8 heteroatoms. The first-order valence-electron chi connectivity index (χ1n) is 9.06. The van der Waals surface area contributed by atoms with Crippen molar-refractivity contribution in [1.29, 1.82) is 0 Å². The maximum absolute atomic E-state index is 12.9. The van der Waals surface area contributed by atoms with Crippen LogP contribution in [-0.4, -0.2) is 48.7 Å². The normalized spacial score (nSPS) is 18.0. The summed E-state index contributed by atoms with van der Waals surface area (Å²) in [5, 5.41) is 9.78. The first-order chi connectivity index (χ1) is 13.4. The number of carboxylic acids is 1. The summed E-state index contributed by atoms with van der Waals surface area (Å²) in [5.41, 5.74) is 1.07. The fourth-order valence-electron chi connectivity index (χ4n) is 3.96. The molecule has 2 aliphatic rings. The summed E-state index contributed by atoms with van der Waals surface area (Å²) in [6, 6.07) is 6.76. The van der Waals surface area contributed by atoms with Crippen molar-refractivity contribution < 1.29 is 24.2 Å². The summed E-state index contributed by atoms with van der Waals surface area (Å²) >= 11 is 7.39. The average molecular weight is 422 g/mol. The van der Waals surface area contributed by atoms with Gasteiger partial charge in [0, 0.05) is 28.6 Å². The number of nitrogens with zero attached hydrogens (tertiary/aromatic N) is 1. The molecule has 1 aromatic carbocycles. The molecular formula is C20H20ClNO5S. The van der Waals surface area contributed by atoms with Crippen molar-refractivity contribution in [1.82, 2.24) is 4.90 Å². The van der Waals surface area contributed by atoms with Crippen LogP contribution >= 0.6 is 22.9 Å². The number of carbonyl (C=O) groups excluding carboxylic acids is 1. The molecule has 0 unspecified atom stereocenters. The highest BCUT2D eigenvalue weighted by Crippen LogP contribution is 2.45. The summed E-state index contributed by atoms with van der Waals surface area (Å²) < 4.78 is 11.4. The Balaban J connectivity index is 1.53. The van der Waals surface area contributed by atoms with E-state index in [0.717, 1.165) is 16.9 Å². The van der Waals surface area contributed by atoms with Crippen molar-refractivity contribution in [2.75, 3.05) is 26.8 Å². The molecule has 3 heterocycles. The van der Waals surface area contributed by atoms with Gasteiger partial charge in [-0.3, -0.25) is 4.79 Å². The summed E-state index contributed by atoms with van der Waals surface area (Å²) in [6.07, 6.45) is 2.01. The molecule has 0 radical (unpaired) electrons. The van der Waals surface area contributed by atoms with Gasteiger partial charge in [0.2, 0.25) is 0 Å². The first kappa shape index (κ1) is 19.2. The number of carbonyl (C=O) groups is 2. The number of thiophene rings is 1. The number of piperidine rings is 1. The smallest absolute Gasteiger partial charge is 0.345 e. The second-order valence-corrected chi connectivity index (χ2v) is 8.52. The Morgan fingerprint density at radius 2 is 2.00 bits per heavy atom. The van der Waals surface area contributed by atoms with Crippen molar-refractivity contribution >= 4 is 34.8 Å². The van der Waals surface area contributed by atoms with Crippen LogP contribution in [0.4, 0.5) is 0 Å². The number of aromatic carboxylic acids is 1. The zero-order chi connectivity index (χ0) is 19.9. The van der Waals surface area contributed by atoms with E-state index in [9.17, 15) is 14.7 Å². The van der Waals surface area contributed by atoms with Crippen molar-refractivity contribution in [3.8, 4) is 5.75 Å². The van der Waals surface area contributed by atoms with Crippen molar-refractivity contribution in [3.05, 3.63) is 50.2 Å². The number of amides is 1. The van der Waals surface area contributed by atoms with E-state index in [1.54, 1.807) is 29.2 Å². The Bertz CT molecular complexity index is 933. The number of ether oxygens (including phenoxy) is 2. The Labute approximate surface area is 171 Å². The second-order valence-electron chi connectivity index (χ2n) is 7.03. The number of methoxy groups -OCH3 is 1. The number of fused-ring (bicyclic) bond motifs is 2. The standard InChI is InChI=1S/C20H20ClNO5S/c1-26-15-9-13(8-14(21)11-15)18(23)22-5-3-20(4-6-22)17-12(2-7-27-20)10-16(28-17)19(24)25/h8-11H,2-7H2,1H3,(H,24,25). The largest absolute Gasteiger partial charge is 0.497 e. The van der Waals surface area contributed by atoms with Crippen LogP contribution in [0.1, 0.15) is 43.3 Å². The van der Waals surface area contributed by atoms with E-state index in [0.29, 0.717) is 53.8 Å². The zero-order valence-corrected chi connectivity index (χ0v) is 16.9. The molecule has 4 rings (SSSR count). The lowest BCUT2D eigenvalue weighted by molar-refractivity contribution is -0.0906. The molecule has 1 spiro atoms. The minimum Gasteiger partial charge on any atom is -0.497 e. The summed E-state index contributed by atoms with van der Waals surface area (Å²) in [7, 11) is 1.54. The number of carboxylic acid groups (broad SMARTS) is 1. The quantitative estimate of drug-likeness (QED) is 0.815. The van der Waals surface area contributed by atoms with Crippen LogP contribution in [0.25, 0.3) is 0 Å². The van der Waals surface area contributed by atoms with Crippen molar-refractivity contribution in [2.45, 2.75) is 24.9 Å². The summed E-state index contributed by atoms with van der Waals surface area (Å²) in [6.45, 7) is 1.64. The highest BCUT2D eigenvalue weighted by molar-refractivity contribution is 7.14. The minimum atomic E-state index is -0.905. The van der Waals surface area contributed by atoms with Crippen LogP contribution in [0.5, 0.6) is 5.75 Å². The number of halogens is 1. The van der Waals surface area contributed by atoms with Gasteiger partial charge in [-0.1, -0.05) is 11.6 Å². The van der Waals surface area contributed by atoms with Crippen LogP contribution in [0.2, 0.25) is 5.02 Å². The third-order valence-corrected chi connectivity index (χ3v) is 6.96. The molecular weight excluding hydrogens is 402 g/mol. The molecule has 1 aromatic heterocycles. The molecule has 1 saturated heterocycles. The monoisotopic (exact) mass is 421 g/mol. The van der Waals surface area contributed by atoms with Crippen LogP contribution < -0.4 is 4.74 Å². The third kappa shape index (κ3) is 3.38. The van der Waals surface area contributed by atoms with Crippen LogP contribution in [-0.2, 0) is 16.8 Å². The highest BCUT2D eigenvalue weighted by atomic mass is 35.5. The fourth-order valence-corrected chi connectivity index (χ4v) is 5.43. The fraction of sp³-hybridized carbons (Fsp3) is 0.400. The van der Waals surface area contributed by atoms with Crippen LogP contribution in [0.15, 0.2) is 24.3 Å². The maximum Gasteiger partial charge on any atom is 0.345 e. The van der Waals surface area contributed by atoms with Gasteiger partial charge in [-0.05, 0) is 49.1 Å². The maximum atomic E-state index is 12.9. The van der Waals surface area contributed by atoms with Crippen molar-refractivity contribution in [3.63, 3.8) is 0 Å². The molecule has 0 saturated carbocycles. The number of hydrogen-bond donors (Lipinski definition) is 1. The predicted octanol–water partition coefficient (Wildman–Crippen LogP) is 3.81. The topological polar surface area (TPSA) is 76.1 Å². The lowest BCUT2D eigenvalue weighted by Crippen LogP contribution is -2.47. The molecule has 0 atom stereocenters. The SMILES string of the molecule is COc1cc(Cl)cc(C(=O)N2CCC3(CC2)OCCc2cc(C(=O)O)sc23)c1. The van der Waals surface area contributed by atoms with Crippen LogP contribution in [0, 0.1) is 0 Å². The van der Waals surface area contributed by atoms with Gasteiger partial charge < -0.3 is 19.5 Å². The summed E-state index contributed by atoms with van der Waals surface area (Å²) in [4.78, 5) is 27.4. The third-order valence-electron chi connectivity index (χ3n) is 5.40. The van der Waals surface area contributed by atoms with E-state index in [-0.39, 0.29) is 5.91 Å². The molecule has 1 fully saturated rings. The molecule has 2 aromatic rings. The van der Waals surface area contributed by atoms with E-state index in [1.165, 1.54) is 18.4 Å². The second kappa shape index (κ2) is 7.39. The van der Waals surface area contributed by atoms with Crippen molar-refractivity contribution in [2.24, 2.45) is 0 Å². The Hall–Kier alpha value is -2.09. The molecule has 6 nitrogen and oxygen atoms in total. The number of rotatable bonds is 3. The van der Waals surface area contributed by atoms with Gasteiger partial charge in [0.05, 0.1) is 13.7 Å². The minimum absolute atomic E-state index is 0.0934. The van der Waals surface area contributed by atoms with Gasteiger partial charge in [-0.25, -0.2) is 4.79 Å². The molecule has 28 heavy (non-hydrogen) atoms. The van der Waals surface area contributed by atoms with Gasteiger partial charge in [0.25, 0.3) is 5.91 Å². The number of benzene rings is 1. The van der Waals surface area contributed by atoms with E-state index in [4.69, 9.17) is 21.1 Å². The van der Waals surface area contributed by atoms with Crippen LogP contribution in [0.3, 0.4) is 0 Å². The van der Waals surface area contributed by atoms with Gasteiger partial charge in [0.15, 0.2) is 0 Å². The van der Waals surface area contributed by atoms with E-state index in [1.807, 2.05) is 0 Å². The Morgan fingerprint density at radius 1 is 1.25 bits per heavy atom. The molecule has 2 aliphatic heterocycles. The number of hydrogen-bond acceptors (Lipinski definition) is 5. The van der Waals surface area contributed by atoms with E-state index < -0.39 is 11.6 Å². The summed E-state index contributed by atoms with van der Waals surface area (Å²) in [5.74, 6) is -0.453. The predicted molar refractivity (Wildman–Crippen MR) is 106 cm³/mol. The first-order valence-corrected chi connectivity index (χ1v) is 10.3. The molecule has 1 N–H and O–H groups in total. The molecule has 1 amide bonds. The van der Waals surface area contributed by atoms with E-state index in [2.05, 4.69) is 0 Å². The number of likely N-dealkylation sites (tertiary alicyclic amines) is 1. The van der Waals surface area contributed by atoms with Gasteiger partial charge >= 0.3 is 5.97 Å². The average Bonchev–Trinajstić information content (AvgIpc) is 3.14. The molecule has 0 bridgehead atoms. The molecule has 148 valence electrons. The van der Waals surface area contributed by atoms with E-state index >= 15 is 0 Å². The Morgan fingerprint density at radius 3 is 2.68 bits per heavy atom. The van der Waals surface area contributed by atoms with Gasteiger partial charge in [-0.2, -0.15) is 0 Å². The van der Waals surface area contributed by atoms with Gasteiger partial charge in [0.1, 0.15) is 16.2 Å².